The van der Waals surface area contributed by atoms with Gasteiger partial charge in [0.25, 0.3) is 0 Å². The average Bonchev–Trinajstić information content (AvgIpc) is 2.68. The lowest BCUT2D eigenvalue weighted by molar-refractivity contribution is 0.0971. The molecule has 0 saturated carbocycles. The highest BCUT2D eigenvalue weighted by Crippen LogP contribution is 2.34. The number of carbonyl (C=O) groups excluding carboxylic acids is 1. The molecule has 3 aromatic carbocycles. The van der Waals surface area contributed by atoms with Crippen molar-refractivity contribution in [3.8, 4) is 12.1 Å². The molecule has 0 aliphatic rings. The average molecular weight is 324 g/mol. The van der Waals surface area contributed by atoms with E-state index < -0.39 is 11.8 Å². The number of nitrogens with zero attached hydrogens (tertiary/aromatic N) is 2. The summed E-state index contributed by atoms with van der Waals surface area (Å²) in [7, 11) is 0. The monoisotopic (exact) mass is 324 g/mol. The first-order valence-electron chi connectivity index (χ1n) is 8.09. The third-order valence-electron chi connectivity index (χ3n) is 4.40. The van der Waals surface area contributed by atoms with Crippen LogP contribution in [0.2, 0.25) is 0 Å². The van der Waals surface area contributed by atoms with E-state index in [1.807, 2.05) is 60.7 Å². The van der Waals surface area contributed by atoms with Crippen molar-refractivity contribution in [2.75, 3.05) is 0 Å². The molecule has 25 heavy (non-hydrogen) atoms. The molecule has 3 heteroatoms. The van der Waals surface area contributed by atoms with E-state index in [2.05, 4.69) is 12.1 Å². The van der Waals surface area contributed by atoms with Gasteiger partial charge < -0.3 is 0 Å². The number of rotatable bonds is 5. The van der Waals surface area contributed by atoms with E-state index >= 15 is 0 Å². The fraction of sp³-hybridized carbons (Fsp3) is 0.136. The van der Waals surface area contributed by atoms with Crippen LogP contribution in [0.15, 0.2) is 72.8 Å². The molecular formula is C22H16N2O. The Kier molecular flexibility index (Phi) is 4.88. The minimum atomic E-state index is -0.876. The Hall–Kier alpha value is -3.43. The Morgan fingerprint density at radius 1 is 0.840 bits per heavy atom. The van der Waals surface area contributed by atoms with Crippen LogP contribution in [0.25, 0.3) is 10.8 Å². The standard InChI is InChI=1S/C22H16N2O/c23-14-18(15-24)21(13-22(25)17-8-2-1-3-9-17)20-12-6-10-16-7-4-5-11-19(16)20/h1-12,18,21H,13H2. The van der Waals surface area contributed by atoms with E-state index in [1.54, 1.807) is 12.1 Å². The van der Waals surface area contributed by atoms with Gasteiger partial charge in [0.05, 0.1) is 12.1 Å². The highest BCUT2D eigenvalue weighted by Gasteiger charge is 2.27. The molecule has 0 bridgehead atoms. The van der Waals surface area contributed by atoms with Gasteiger partial charge in [0.2, 0.25) is 0 Å². The molecule has 0 amide bonds. The maximum absolute atomic E-state index is 12.7. The van der Waals surface area contributed by atoms with E-state index in [0.717, 1.165) is 16.3 Å². The van der Waals surface area contributed by atoms with Gasteiger partial charge in [-0.3, -0.25) is 4.79 Å². The van der Waals surface area contributed by atoms with E-state index in [0.29, 0.717) is 5.56 Å². The molecule has 120 valence electrons. The van der Waals surface area contributed by atoms with Crippen molar-refractivity contribution in [1.82, 2.24) is 0 Å². The zero-order valence-corrected chi connectivity index (χ0v) is 13.6. The molecule has 0 N–H and O–H groups in total. The fourth-order valence-electron chi connectivity index (χ4n) is 3.13. The lowest BCUT2D eigenvalue weighted by atomic mass is 9.81. The Morgan fingerprint density at radius 2 is 1.48 bits per heavy atom. The van der Waals surface area contributed by atoms with Crippen LogP contribution in [0.1, 0.15) is 28.3 Å². The molecule has 0 aromatic heterocycles. The second-order valence-corrected chi connectivity index (χ2v) is 5.90. The van der Waals surface area contributed by atoms with Crippen molar-refractivity contribution in [3.05, 3.63) is 83.9 Å². The first-order chi connectivity index (χ1) is 12.2. The summed E-state index contributed by atoms with van der Waals surface area (Å²) in [5.41, 5.74) is 1.47. The highest BCUT2D eigenvalue weighted by atomic mass is 16.1. The number of fused-ring (bicyclic) bond motifs is 1. The van der Waals surface area contributed by atoms with E-state index in [-0.39, 0.29) is 12.2 Å². The number of hydrogen-bond acceptors (Lipinski definition) is 3. The topological polar surface area (TPSA) is 64.7 Å². The fourth-order valence-corrected chi connectivity index (χ4v) is 3.13. The van der Waals surface area contributed by atoms with Gasteiger partial charge in [0.15, 0.2) is 5.78 Å². The van der Waals surface area contributed by atoms with Crippen molar-refractivity contribution in [2.45, 2.75) is 12.3 Å². The summed E-state index contributed by atoms with van der Waals surface area (Å²) in [5.74, 6) is -1.40. The quantitative estimate of drug-likeness (QED) is 0.629. The zero-order chi connectivity index (χ0) is 17.6. The van der Waals surface area contributed by atoms with E-state index in [9.17, 15) is 15.3 Å². The van der Waals surface area contributed by atoms with Crippen molar-refractivity contribution >= 4 is 16.6 Å². The Morgan fingerprint density at radius 3 is 2.20 bits per heavy atom. The van der Waals surface area contributed by atoms with Gasteiger partial charge in [-0.1, -0.05) is 72.8 Å². The molecule has 0 aliphatic heterocycles. The third-order valence-corrected chi connectivity index (χ3v) is 4.40. The number of Topliss-reactive ketones (excluding diaryl/α,β-unsaturated/α-hetero) is 1. The number of benzene rings is 3. The summed E-state index contributed by atoms with van der Waals surface area (Å²) in [6.45, 7) is 0. The molecule has 3 nitrogen and oxygen atoms in total. The summed E-state index contributed by atoms with van der Waals surface area (Å²) < 4.78 is 0. The summed E-state index contributed by atoms with van der Waals surface area (Å²) in [5, 5.41) is 20.9. The van der Waals surface area contributed by atoms with Gasteiger partial charge in [0, 0.05) is 17.9 Å². The smallest absolute Gasteiger partial charge is 0.163 e. The van der Waals surface area contributed by atoms with Crippen molar-refractivity contribution in [3.63, 3.8) is 0 Å². The molecule has 1 atom stereocenters. The minimum Gasteiger partial charge on any atom is -0.294 e. The predicted molar refractivity (Wildman–Crippen MR) is 96.8 cm³/mol. The Balaban J connectivity index is 2.05. The molecule has 0 spiro atoms. The SMILES string of the molecule is N#CC(C#N)C(CC(=O)c1ccccc1)c1cccc2ccccc12. The minimum absolute atomic E-state index is 0.0611. The van der Waals surface area contributed by atoms with Crippen LogP contribution in [0, 0.1) is 28.6 Å². The largest absolute Gasteiger partial charge is 0.294 e. The van der Waals surface area contributed by atoms with Crippen LogP contribution < -0.4 is 0 Å². The van der Waals surface area contributed by atoms with Gasteiger partial charge in [-0.05, 0) is 16.3 Å². The van der Waals surface area contributed by atoms with E-state index in [1.165, 1.54) is 0 Å². The van der Waals surface area contributed by atoms with Gasteiger partial charge >= 0.3 is 0 Å². The molecule has 0 saturated heterocycles. The van der Waals surface area contributed by atoms with Crippen LogP contribution in [-0.2, 0) is 0 Å². The summed E-state index contributed by atoms with van der Waals surface area (Å²) in [6, 6.07) is 26.7. The normalized spacial score (nSPS) is 11.6. The third kappa shape index (κ3) is 3.42. The summed E-state index contributed by atoms with van der Waals surface area (Å²) >= 11 is 0. The molecule has 0 fully saturated rings. The van der Waals surface area contributed by atoms with Gasteiger partial charge in [0.1, 0.15) is 5.92 Å². The molecule has 0 aliphatic carbocycles. The first kappa shape index (κ1) is 16.4. The van der Waals surface area contributed by atoms with Crippen LogP contribution in [-0.4, -0.2) is 5.78 Å². The number of nitriles is 2. The lowest BCUT2D eigenvalue weighted by Gasteiger charge is -2.19. The summed E-state index contributed by atoms with van der Waals surface area (Å²) in [6.07, 6.45) is 0.129. The molecule has 1 unspecified atom stereocenters. The van der Waals surface area contributed by atoms with Crippen LogP contribution >= 0.6 is 0 Å². The predicted octanol–water partition coefficient (Wildman–Crippen LogP) is 4.86. The number of hydrogen-bond donors (Lipinski definition) is 0. The van der Waals surface area contributed by atoms with Crippen LogP contribution in [0.3, 0.4) is 0 Å². The number of carbonyl (C=O) groups is 1. The molecule has 3 aromatic rings. The first-order valence-corrected chi connectivity index (χ1v) is 8.09. The maximum atomic E-state index is 12.7. The van der Waals surface area contributed by atoms with Gasteiger partial charge in [-0.2, -0.15) is 10.5 Å². The lowest BCUT2D eigenvalue weighted by Crippen LogP contribution is -2.15. The van der Waals surface area contributed by atoms with Crippen molar-refractivity contribution < 1.29 is 4.79 Å². The highest BCUT2D eigenvalue weighted by molar-refractivity contribution is 5.97. The van der Waals surface area contributed by atoms with Gasteiger partial charge in [-0.15, -0.1) is 0 Å². The maximum Gasteiger partial charge on any atom is 0.163 e. The molecule has 0 radical (unpaired) electrons. The second-order valence-electron chi connectivity index (χ2n) is 5.90. The molecule has 3 rings (SSSR count). The molecule has 0 heterocycles. The van der Waals surface area contributed by atoms with Crippen LogP contribution in [0.5, 0.6) is 0 Å². The number of ketones is 1. The second kappa shape index (κ2) is 7.43. The van der Waals surface area contributed by atoms with E-state index in [4.69, 9.17) is 0 Å². The summed E-state index contributed by atoms with van der Waals surface area (Å²) in [4.78, 5) is 12.7. The van der Waals surface area contributed by atoms with Crippen molar-refractivity contribution in [1.29, 1.82) is 10.5 Å². The Bertz CT molecular complexity index is 961. The Labute approximate surface area is 146 Å². The van der Waals surface area contributed by atoms with Crippen molar-refractivity contribution in [2.24, 2.45) is 5.92 Å². The van der Waals surface area contributed by atoms with Gasteiger partial charge in [-0.25, -0.2) is 0 Å². The molecular weight excluding hydrogens is 308 g/mol. The van der Waals surface area contributed by atoms with Crippen LogP contribution in [0.4, 0.5) is 0 Å². The zero-order valence-electron chi connectivity index (χ0n) is 13.6.